The maximum atomic E-state index is 12.3. The summed E-state index contributed by atoms with van der Waals surface area (Å²) < 4.78 is 36.9. The molecule has 0 aliphatic rings. The van der Waals surface area contributed by atoms with E-state index in [0.717, 1.165) is 36.3 Å². The second-order valence-corrected chi connectivity index (χ2v) is 4.66. The summed E-state index contributed by atoms with van der Waals surface area (Å²) in [4.78, 5) is 0. The number of hydrogen-bond acceptors (Lipinski definition) is 1. The Hall–Kier alpha value is -0.900. The van der Waals surface area contributed by atoms with E-state index in [0.29, 0.717) is 0 Å². The number of rotatable bonds is 5. The van der Waals surface area contributed by atoms with Crippen molar-refractivity contribution < 1.29 is 13.2 Å². The fourth-order valence-electron chi connectivity index (χ4n) is 1.21. The van der Waals surface area contributed by atoms with E-state index >= 15 is 0 Å². The maximum absolute atomic E-state index is 12.3. The minimum absolute atomic E-state index is 0.603. The highest BCUT2D eigenvalue weighted by Crippen LogP contribution is 2.29. The number of hydrogen-bond donors (Lipinski definition) is 0. The fourth-order valence-corrected chi connectivity index (χ4v) is 2.05. The van der Waals surface area contributed by atoms with Gasteiger partial charge in [0.2, 0.25) is 0 Å². The molecular weight excluding hydrogens is 245 g/mol. The minimum atomic E-state index is -4.25. The monoisotopic (exact) mass is 260 g/mol. The van der Waals surface area contributed by atoms with Crippen molar-refractivity contribution in [1.29, 1.82) is 0 Å². The van der Waals surface area contributed by atoms with Crippen LogP contribution in [0.3, 0.4) is 0 Å². The van der Waals surface area contributed by atoms with E-state index in [-0.39, 0.29) is 0 Å². The van der Waals surface area contributed by atoms with Gasteiger partial charge in [0, 0.05) is 0 Å². The van der Waals surface area contributed by atoms with Crippen molar-refractivity contribution in [2.45, 2.75) is 25.9 Å². The Labute approximate surface area is 104 Å². The molecule has 1 aromatic carbocycles. The molecule has 0 radical (unpaired) electrons. The zero-order chi connectivity index (χ0) is 12.7. The molecule has 0 saturated heterocycles. The highest BCUT2D eigenvalue weighted by atomic mass is 32.2. The van der Waals surface area contributed by atoms with Crippen molar-refractivity contribution in [2.75, 3.05) is 5.75 Å². The summed E-state index contributed by atoms with van der Waals surface area (Å²) in [7, 11) is 0. The Kier molecular flexibility index (Phi) is 5.62. The third-order valence-corrected chi connectivity index (χ3v) is 3.06. The minimum Gasteiger partial charge on any atom is -0.166 e. The molecule has 17 heavy (non-hydrogen) atoms. The highest BCUT2D eigenvalue weighted by Gasteiger charge is 2.29. The quantitative estimate of drug-likeness (QED) is 0.655. The zero-order valence-electron chi connectivity index (χ0n) is 9.63. The van der Waals surface area contributed by atoms with Gasteiger partial charge in [-0.25, -0.2) is 0 Å². The molecule has 0 saturated carbocycles. The summed E-state index contributed by atoms with van der Waals surface area (Å²) in [5.74, 6) is 1.05. The van der Waals surface area contributed by atoms with Gasteiger partial charge in [0.15, 0.2) is 0 Å². The first-order chi connectivity index (χ1) is 8.04. The van der Waals surface area contributed by atoms with Crippen LogP contribution in [0.5, 0.6) is 0 Å². The molecule has 0 amide bonds. The summed E-state index contributed by atoms with van der Waals surface area (Å²) in [6, 6.07) is 5.19. The summed E-state index contributed by atoms with van der Waals surface area (Å²) in [5.41, 5.74) is 0.190. The standard InChI is InChI=1S/C13H15F3S/c1-2-3-9-17-10-8-11-4-6-12(7-5-11)13(14,15)16/h4-8,10H,2-3,9H2,1H3/b10-8-. The average Bonchev–Trinajstić information content (AvgIpc) is 2.28. The molecule has 0 bridgehead atoms. The molecule has 1 aromatic rings. The molecule has 0 aliphatic heterocycles. The van der Waals surface area contributed by atoms with Crippen LogP contribution in [0.25, 0.3) is 6.08 Å². The molecular formula is C13H15F3S. The SMILES string of the molecule is CCCCS/C=C\c1ccc(C(F)(F)F)cc1. The van der Waals surface area contributed by atoms with Crippen LogP contribution in [0.15, 0.2) is 29.7 Å². The van der Waals surface area contributed by atoms with Crippen LogP contribution >= 0.6 is 11.8 Å². The molecule has 4 heteroatoms. The van der Waals surface area contributed by atoms with E-state index in [1.165, 1.54) is 12.1 Å². The Morgan fingerprint density at radius 2 is 1.82 bits per heavy atom. The van der Waals surface area contributed by atoms with Gasteiger partial charge in [-0.15, -0.1) is 11.8 Å². The van der Waals surface area contributed by atoms with Gasteiger partial charge in [-0.3, -0.25) is 0 Å². The first-order valence-electron chi connectivity index (χ1n) is 5.49. The molecule has 0 heterocycles. The third kappa shape index (κ3) is 5.31. The van der Waals surface area contributed by atoms with Gasteiger partial charge in [-0.05, 0) is 41.4 Å². The maximum Gasteiger partial charge on any atom is 0.416 e. The first-order valence-corrected chi connectivity index (χ1v) is 6.54. The molecule has 0 aromatic heterocycles. The van der Waals surface area contributed by atoms with Crippen LogP contribution in [0.2, 0.25) is 0 Å². The largest absolute Gasteiger partial charge is 0.416 e. The number of benzene rings is 1. The average molecular weight is 260 g/mol. The smallest absolute Gasteiger partial charge is 0.166 e. The summed E-state index contributed by atoms with van der Waals surface area (Å²) in [6.45, 7) is 2.13. The van der Waals surface area contributed by atoms with Gasteiger partial charge < -0.3 is 0 Å². The van der Waals surface area contributed by atoms with E-state index in [9.17, 15) is 13.2 Å². The summed E-state index contributed by atoms with van der Waals surface area (Å²) >= 11 is 1.68. The molecule has 0 atom stereocenters. The van der Waals surface area contributed by atoms with Crippen molar-refractivity contribution >= 4 is 17.8 Å². The van der Waals surface area contributed by atoms with E-state index in [2.05, 4.69) is 6.92 Å². The Balaban J connectivity index is 2.51. The zero-order valence-corrected chi connectivity index (χ0v) is 10.4. The molecule has 0 spiro atoms. The molecule has 0 aliphatic carbocycles. The van der Waals surface area contributed by atoms with Crippen LogP contribution in [0.1, 0.15) is 30.9 Å². The predicted octanol–water partition coefficient (Wildman–Crippen LogP) is 5.21. The number of unbranched alkanes of at least 4 members (excludes halogenated alkanes) is 1. The second-order valence-electron chi connectivity index (χ2n) is 3.65. The van der Waals surface area contributed by atoms with Gasteiger partial charge in [0.05, 0.1) is 5.56 Å². The molecule has 0 nitrogen and oxygen atoms in total. The van der Waals surface area contributed by atoms with Crippen molar-refractivity contribution in [3.05, 3.63) is 40.8 Å². The lowest BCUT2D eigenvalue weighted by atomic mass is 10.1. The van der Waals surface area contributed by atoms with Crippen LogP contribution in [-0.2, 0) is 6.18 Å². The summed E-state index contributed by atoms with van der Waals surface area (Å²) in [6.07, 6.45) is -0.109. The van der Waals surface area contributed by atoms with Gasteiger partial charge in [0.25, 0.3) is 0 Å². The van der Waals surface area contributed by atoms with Gasteiger partial charge in [0.1, 0.15) is 0 Å². The predicted molar refractivity (Wildman–Crippen MR) is 67.8 cm³/mol. The topological polar surface area (TPSA) is 0 Å². The van der Waals surface area contributed by atoms with Crippen molar-refractivity contribution in [3.63, 3.8) is 0 Å². The van der Waals surface area contributed by atoms with E-state index < -0.39 is 11.7 Å². The lowest BCUT2D eigenvalue weighted by molar-refractivity contribution is -0.137. The Bertz CT molecular complexity index is 352. The highest BCUT2D eigenvalue weighted by molar-refractivity contribution is 8.02. The van der Waals surface area contributed by atoms with Crippen LogP contribution in [-0.4, -0.2) is 5.75 Å². The van der Waals surface area contributed by atoms with E-state index in [1.807, 2.05) is 11.5 Å². The number of halogens is 3. The number of alkyl halides is 3. The molecule has 94 valence electrons. The van der Waals surface area contributed by atoms with Gasteiger partial charge >= 0.3 is 6.18 Å². The first kappa shape index (κ1) is 14.2. The van der Waals surface area contributed by atoms with Gasteiger partial charge in [-0.1, -0.05) is 25.5 Å². The Morgan fingerprint density at radius 3 is 2.35 bits per heavy atom. The fraction of sp³-hybridized carbons (Fsp3) is 0.385. The normalized spacial score (nSPS) is 12.2. The second kappa shape index (κ2) is 6.74. The van der Waals surface area contributed by atoms with Crippen molar-refractivity contribution in [3.8, 4) is 0 Å². The lowest BCUT2D eigenvalue weighted by Crippen LogP contribution is -2.03. The number of thioether (sulfide) groups is 1. The van der Waals surface area contributed by atoms with Crippen molar-refractivity contribution in [1.82, 2.24) is 0 Å². The molecule has 1 rings (SSSR count). The summed E-state index contributed by atoms with van der Waals surface area (Å²) in [5, 5.41) is 1.93. The van der Waals surface area contributed by atoms with E-state index in [1.54, 1.807) is 11.8 Å². The van der Waals surface area contributed by atoms with Crippen LogP contribution in [0, 0.1) is 0 Å². The Morgan fingerprint density at radius 1 is 1.18 bits per heavy atom. The van der Waals surface area contributed by atoms with E-state index in [4.69, 9.17) is 0 Å². The van der Waals surface area contributed by atoms with Crippen molar-refractivity contribution in [2.24, 2.45) is 0 Å². The van der Waals surface area contributed by atoms with Crippen LogP contribution < -0.4 is 0 Å². The van der Waals surface area contributed by atoms with Gasteiger partial charge in [-0.2, -0.15) is 13.2 Å². The molecule has 0 fully saturated rings. The van der Waals surface area contributed by atoms with Crippen LogP contribution in [0.4, 0.5) is 13.2 Å². The third-order valence-electron chi connectivity index (χ3n) is 2.21. The molecule has 0 N–H and O–H groups in total. The lowest BCUT2D eigenvalue weighted by Gasteiger charge is -2.05. The molecule has 0 unspecified atom stereocenters.